The molecule has 1 heterocycles. The SMILES string of the molecule is O=S(O)c1ccc(-c2cc(Cl)nn2-c2ccc(F)cc2)cc1. The van der Waals surface area contributed by atoms with Gasteiger partial charge in [0.05, 0.1) is 16.3 Å². The highest BCUT2D eigenvalue weighted by molar-refractivity contribution is 7.79. The van der Waals surface area contributed by atoms with Crippen molar-refractivity contribution in [3.05, 3.63) is 65.6 Å². The van der Waals surface area contributed by atoms with Gasteiger partial charge in [-0.05, 0) is 36.4 Å². The molecule has 1 N–H and O–H groups in total. The van der Waals surface area contributed by atoms with Gasteiger partial charge in [0.1, 0.15) is 5.82 Å². The Bertz CT molecular complexity index is 832. The van der Waals surface area contributed by atoms with Crippen molar-refractivity contribution in [1.82, 2.24) is 9.78 Å². The van der Waals surface area contributed by atoms with E-state index >= 15 is 0 Å². The molecule has 3 rings (SSSR count). The Labute approximate surface area is 133 Å². The molecule has 0 fully saturated rings. The Balaban J connectivity index is 2.07. The molecule has 1 unspecified atom stereocenters. The first-order valence-electron chi connectivity index (χ1n) is 6.27. The summed E-state index contributed by atoms with van der Waals surface area (Å²) in [5, 5.41) is 4.49. The largest absolute Gasteiger partial charge is 0.302 e. The highest BCUT2D eigenvalue weighted by Crippen LogP contribution is 2.26. The van der Waals surface area contributed by atoms with Crippen LogP contribution < -0.4 is 0 Å². The van der Waals surface area contributed by atoms with Crippen molar-refractivity contribution < 1.29 is 13.2 Å². The van der Waals surface area contributed by atoms with Crippen molar-refractivity contribution in [3.63, 3.8) is 0 Å². The number of hydrogen-bond donors (Lipinski definition) is 1. The Hall–Kier alpha value is -2.02. The number of aromatic nitrogens is 2. The average Bonchev–Trinajstić information content (AvgIpc) is 2.90. The summed E-state index contributed by atoms with van der Waals surface area (Å²) >= 11 is 3.96. The van der Waals surface area contributed by atoms with Crippen molar-refractivity contribution in [2.75, 3.05) is 0 Å². The minimum absolute atomic E-state index is 0.300. The lowest BCUT2D eigenvalue weighted by Gasteiger charge is -2.08. The number of halogens is 2. The molecule has 0 aliphatic heterocycles. The van der Waals surface area contributed by atoms with Gasteiger partial charge in [-0.3, -0.25) is 0 Å². The quantitative estimate of drug-likeness (QED) is 0.738. The third-order valence-electron chi connectivity index (χ3n) is 3.10. The summed E-state index contributed by atoms with van der Waals surface area (Å²) in [5.41, 5.74) is 2.14. The van der Waals surface area contributed by atoms with E-state index in [2.05, 4.69) is 5.10 Å². The summed E-state index contributed by atoms with van der Waals surface area (Å²) in [6.45, 7) is 0. The molecule has 22 heavy (non-hydrogen) atoms. The Morgan fingerprint density at radius 3 is 2.32 bits per heavy atom. The average molecular weight is 337 g/mol. The third kappa shape index (κ3) is 2.94. The molecule has 1 atom stereocenters. The molecule has 7 heteroatoms. The maximum absolute atomic E-state index is 13.0. The summed E-state index contributed by atoms with van der Waals surface area (Å²) < 4.78 is 34.7. The van der Waals surface area contributed by atoms with Gasteiger partial charge < -0.3 is 4.55 Å². The van der Waals surface area contributed by atoms with Gasteiger partial charge in [0.25, 0.3) is 0 Å². The van der Waals surface area contributed by atoms with Crippen LogP contribution in [0.1, 0.15) is 0 Å². The fourth-order valence-corrected chi connectivity index (χ4v) is 2.63. The van der Waals surface area contributed by atoms with Gasteiger partial charge in [-0.25, -0.2) is 13.3 Å². The lowest BCUT2D eigenvalue weighted by Crippen LogP contribution is -1.99. The Morgan fingerprint density at radius 2 is 1.73 bits per heavy atom. The highest BCUT2D eigenvalue weighted by atomic mass is 35.5. The molecule has 2 aromatic carbocycles. The Kier molecular flexibility index (Phi) is 4.06. The lowest BCUT2D eigenvalue weighted by molar-refractivity contribution is 0.564. The van der Waals surface area contributed by atoms with Gasteiger partial charge in [-0.1, -0.05) is 23.7 Å². The van der Waals surface area contributed by atoms with Crippen LogP contribution in [0.25, 0.3) is 16.9 Å². The normalized spacial score (nSPS) is 12.3. The molecule has 3 aromatic rings. The zero-order chi connectivity index (χ0) is 15.7. The smallest absolute Gasteiger partial charge is 0.186 e. The van der Waals surface area contributed by atoms with Crippen LogP contribution in [-0.4, -0.2) is 18.5 Å². The molecule has 0 bridgehead atoms. The van der Waals surface area contributed by atoms with Crippen LogP contribution in [0.5, 0.6) is 0 Å². The molecule has 0 saturated carbocycles. The van der Waals surface area contributed by atoms with Crippen LogP contribution >= 0.6 is 11.6 Å². The zero-order valence-corrected chi connectivity index (χ0v) is 12.7. The molecule has 0 radical (unpaired) electrons. The second kappa shape index (κ2) is 6.00. The maximum atomic E-state index is 13.0. The summed E-state index contributed by atoms with van der Waals surface area (Å²) in [5.74, 6) is -0.335. The standard InChI is InChI=1S/C15H10ClFN2O2S/c16-15-9-14(10-1-7-13(8-2-10)22(20)21)19(18-15)12-5-3-11(17)4-6-12/h1-9H,(H,20,21). The molecule has 0 aliphatic carbocycles. The molecule has 4 nitrogen and oxygen atoms in total. The molecule has 0 amide bonds. The van der Waals surface area contributed by atoms with E-state index in [1.807, 2.05) is 0 Å². The molecule has 0 saturated heterocycles. The van der Waals surface area contributed by atoms with Gasteiger partial charge >= 0.3 is 0 Å². The van der Waals surface area contributed by atoms with Crippen LogP contribution in [0, 0.1) is 5.82 Å². The molecule has 112 valence electrons. The summed E-state index contributed by atoms with van der Waals surface area (Å²) in [6.07, 6.45) is 0. The lowest BCUT2D eigenvalue weighted by atomic mass is 10.1. The molecule has 0 aliphatic rings. The van der Waals surface area contributed by atoms with Crippen LogP contribution in [0.2, 0.25) is 5.15 Å². The first-order valence-corrected chi connectivity index (χ1v) is 7.76. The first-order chi connectivity index (χ1) is 10.5. The van der Waals surface area contributed by atoms with Crippen LogP contribution in [0.4, 0.5) is 4.39 Å². The van der Waals surface area contributed by atoms with E-state index in [-0.39, 0.29) is 5.82 Å². The van der Waals surface area contributed by atoms with E-state index < -0.39 is 11.1 Å². The minimum Gasteiger partial charge on any atom is -0.302 e. The van der Waals surface area contributed by atoms with Gasteiger partial charge in [-0.2, -0.15) is 5.10 Å². The van der Waals surface area contributed by atoms with Crippen molar-refractivity contribution in [3.8, 4) is 16.9 Å². The third-order valence-corrected chi connectivity index (χ3v) is 3.96. The predicted octanol–water partition coefficient (Wildman–Crippen LogP) is 3.91. The number of nitrogens with zero attached hydrogens (tertiary/aromatic N) is 2. The molecular weight excluding hydrogens is 327 g/mol. The van der Waals surface area contributed by atoms with Gasteiger partial charge in [-0.15, -0.1) is 0 Å². The van der Waals surface area contributed by atoms with Crippen molar-refractivity contribution in [2.24, 2.45) is 0 Å². The van der Waals surface area contributed by atoms with Crippen LogP contribution in [-0.2, 0) is 11.1 Å². The number of rotatable bonds is 3. The van der Waals surface area contributed by atoms with E-state index in [1.165, 1.54) is 12.1 Å². The van der Waals surface area contributed by atoms with E-state index in [0.29, 0.717) is 21.4 Å². The second-order valence-corrected chi connectivity index (χ2v) is 5.87. The second-order valence-electron chi connectivity index (χ2n) is 4.51. The van der Waals surface area contributed by atoms with Gasteiger partial charge in [0.15, 0.2) is 16.2 Å². The van der Waals surface area contributed by atoms with E-state index in [9.17, 15) is 8.60 Å². The van der Waals surface area contributed by atoms with E-state index in [1.54, 1.807) is 47.1 Å². The van der Waals surface area contributed by atoms with E-state index in [0.717, 1.165) is 5.56 Å². The summed E-state index contributed by atoms with van der Waals surface area (Å²) in [4.78, 5) is 0.308. The number of hydrogen-bond acceptors (Lipinski definition) is 2. The first kappa shape index (κ1) is 14.9. The van der Waals surface area contributed by atoms with Gasteiger partial charge in [0.2, 0.25) is 0 Å². The van der Waals surface area contributed by atoms with E-state index in [4.69, 9.17) is 16.2 Å². The fourth-order valence-electron chi connectivity index (χ4n) is 2.08. The predicted molar refractivity (Wildman–Crippen MR) is 83.0 cm³/mol. The van der Waals surface area contributed by atoms with Crippen molar-refractivity contribution in [2.45, 2.75) is 4.90 Å². The molecule has 1 aromatic heterocycles. The van der Waals surface area contributed by atoms with Crippen molar-refractivity contribution in [1.29, 1.82) is 0 Å². The van der Waals surface area contributed by atoms with Gasteiger partial charge in [0, 0.05) is 11.6 Å². The van der Waals surface area contributed by atoms with Crippen LogP contribution in [0.15, 0.2) is 59.5 Å². The zero-order valence-electron chi connectivity index (χ0n) is 11.1. The van der Waals surface area contributed by atoms with Crippen molar-refractivity contribution >= 4 is 22.7 Å². The van der Waals surface area contributed by atoms with Crippen LogP contribution in [0.3, 0.4) is 0 Å². The highest BCUT2D eigenvalue weighted by Gasteiger charge is 2.11. The molecular formula is C15H10ClFN2O2S. The Morgan fingerprint density at radius 1 is 1.09 bits per heavy atom. The summed E-state index contributed by atoms with van der Waals surface area (Å²) in [7, 11) is 0. The maximum Gasteiger partial charge on any atom is 0.186 e. The summed E-state index contributed by atoms with van der Waals surface area (Å²) in [6, 6.07) is 14.1. The monoisotopic (exact) mass is 336 g/mol. The molecule has 0 spiro atoms. The topological polar surface area (TPSA) is 55.1 Å². The minimum atomic E-state index is -2.02. The fraction of sp³-hybridized carbons (Fsp3) is 0. The number of benzene rings is 2.